The molecular formula is C18H20N2O4S. The minimum absolute atomic E-state index is 0.105. The Morgan fingerprint density at radius 1 is 1.12 bits per heavy atom. The number of hydrogen-bond acceptors (Lipinski definition) is 4. The summed E-state index contributed by atoms with van der Waals surface area (Å²) in [6.07, 6.45) is -0.883. The first-order valence-electron chi connectivity index (χ1n) is 7.92. The van der Waals surface area contributed by atoms with Crippen molar-refractivity contribution in [3.05, 3.63) is 59.7 Å². The minimum Gasteiger partial charge on any atom is -0.477 e. The molecule has 0 fully saturated rings. The topological polar surface area (TPSA) is 75.7 Å². The van der Waals surface area contributed by atoms with Gasteiger partial charge in [0.05, 0.1) is 18.0 Å². The average Bonchev–Trinajstić information content (AvgIpc) is 2.59. The number of anilines is 1. The smallest absolute Gasteiger partial charge is 0.269 e. The van der Waals surface area contributed by atoms with Crippen LogP contribution in [0, 0.1) is 6.92 Å². The summed E-state index contributed by atoms with van der Waals surface area (Å²) < 4.78 is 32.8. The maximum absolute atomic E-state index is 12.4. The summed E-state index contributed by atoms with van der Waals surface area (Å²) in [4.78, 5) is 13.9. The third kappa shape index (κ3) is 3.83. The van der Waals surface area contributed by atoms with Gasteiger partial charge in [0, 0.05) is 7.05 Å². The van der Waals surface area contributed by atoms with Gasteiger partial charge >= 0.3 is 0 Å². The molecule has 3 rings (SSSR count). The molecule has 1 aliphatic rings. The summed E-state index contributed by atoms with van der Waals surface area (Å²) in [7, 11) is -1.92. The van der Waals surface area contributed by atoms with Crippen LogP contribution in [0.25, 0.3) is 0 Å². The first-order chi connectivity index (χ1) is 11.9. The number of carbonyl (C=O) groups is 1. The summed E-state index contributed by atoms with van der Waals surface area (Å²) in [5, 5.41) is 0. The van der Waals surface area contributed by atoms with E-state index in [0.717, 1.165) is 11.1 Å². The molecule has 25 heavy (non-hydrogen) atoms. The van der Waals surface area contributed by atoms with Gasteiger partial charge in [-0.05, 0) is 30.2 Å². The summed E-state index contributed by atoms with van der Waals surface area (Å²) in [6.45, 7) is 1.76. The van der Waals surface area contributed by atoms with Crippen LogP contribution in [0.5, 0.6) is 5.75 Å². The Kier molecular flexibility index (Phi) is 4.78. The Labute approximate surface area is 147 Å². The molecule has 0 saturated heterocycles. The molecule has 132 valence electrons. The van der Waals surface area contributed by atoms with Gasteiger partial charge in [0.2, 0.25) is 10.0 Å². The van der Waals surface area contributed by atoms with Crippen LogP contribution in [-0.4, -0.2) is 34.0 Å². The number of amides is 1. The van der Waals surface area contributed by atoms with Crippen LogP contribution in [0.15, 0.2) is 48.5 Å². The number of fused-ring (bicyclic) bond motifs is 1. The molecule has 0 spiro atoms. The van der Waals surface area contributed by atoms with E-state index in [-0.39, 0.29) is 18.2 Å². The monoisotopic (exact) mass is 360 g/mol. The number of rotatable bonds is 5. The fraction of sp³-hybridized carbons (Fsp3) is 0.278. The molecular weight excluding hydrogens is 340 g/mol. The van der Waals surface area contributed by atoms with E-state index < -0.39 is 16.1 Å². The highest BCUT2D eigenvalue weighted by Crippen LogP contribution is 2.32. The van der Waals surface area contributed by atoms with E-state index in [0.29, 0.717) is 11.4 Å². The number of para-hydroxylation sites is 2. The standard InChI is InChI=1S/C18H20N2O4S/c1-13-7-3-4-8-14(13)12-25(22,23)19-11-17-18(21)20(2)15-9-5-6-10-16(15)24-17/h3-10,17,19H,11-12H2,1-2H3. The molecule has 1 heterocycles. The second kappa shape index (κ2) is 6.85. The highest BCUT2D eigenvalue weighted by atomic mass is 32.2. The molecule has 1 atom stereocenters. The SMILES string of the molecule is Cc1ccccc1CS(=O)(=O)NCC1Oc2ccccc2N(C)C1=O. The zero-order valence-electron chi connectivity index (χ0n) is 14.1. The second-order valence-corrected chi connectivity index (χ2v) is 7.81. The van der Waals surface area contributed by atoms with Crippen molar-refractivity contribution in [2.75, 3.05) is 18.5 Å². The summed E-state index contributed by atoms with van der Waals surface area (Å²) in [6, 6.07) is 14.5. The number of nitrogens with zero attached hydrogens (tertiary/aromatic N) is 1. The van der Waals surface area contributed by atoms with Gasteiger partial charge < -0.3 is 9.64 Å². The summed E-state index contributed by atoms with van der Waals surface area (Å²) in [5.41, 5.74) is 2.31. The van der Waals surface area contributed by atoms with Gasteiger partial charge in [-0.15, -0.1) is 0 Å². The number of carbonyl (C=O) groups excluding carboxylic acids is 1. The fourth-order valence-corrected chi connectivity index (χ4v) is 3.97. The van der Waals surface area contributed by atoms with Crippen LogP contribution < -0.4 is 14.4 Å². The van der Waals surface area contributed by atoms with Gasteiger partial charge in [-0.1, -0.05) is 36.4 Å². The first-order valence-corrected chi connectivity index (χ1v) is 9.58. The van der Waals surface area contributed by atoms with Gasteiger partial charge in [0.15, 0.2) is 6.10 Å². The highest BCUT2D eigenvalue weighted by Gasteiger charge is 2.32. The van der Waals surface area contributed by atoms with Gasteiger partial charge in [0.25, 0.3) is 5.91 Å². The minimum atomic E-state index is -3.58. The largest absolute Gasteiger partial charge is 0.477 e. The summed E-state index contributed by atoms with van der Waals surface area (Å²) in [5.74, 6) is 0.150. The molecule has 0 radical (unpaired) electrons. The van der Waals surface area contributed by atoms with E-state index in [1.165, 1.54) is 4.90 Å². The van der Waals surface area contributed by atoms with Crippen molar-refractivity contribution in [1.82, 2.24) is 4.72 Å². The van der Waals surface area contributed by atoms with Crippen molar-refractivity contribution >= 4 is 21.6 Å². The molecule has 0 saturated carbocycles. The molecule has 0 aliphatic carbocycles. The van der Waals surface area contributed by atoms with Crippen LogP contribution in [0.4, 0.5) is 5.69 Å². The van der Waals surface area contributed by atoms with E-state index >= 15 is 0 Å². The lowest BCUT2D eigenvalue weighted by atomic mass is 10.1. The average molecular weight is 360 g/mol. The van der Waals surface area contributed by atoms with E-state index in [2.05, 4.69) is 4.72 Å². The number of sulfonamides is 1. The predicted molar refractivity (Wildman–Crippen MR) is 96.1 cm³/mol. The first kappa shape index (κ1) is 17.4. The Hall–Kier alpha value is -2.38. The van der Waals surface area contributed by atoms with E-state index in [1.54, 1.807) is 31.3 Å². The van der Waals surface area contributed by atoms with Gasteiger partial charge in [-0.25, -0.2) is 13.1 Å². The van der Waals surface area contributed by atoms with Crippen molar-refractivity contribution in [3.63, 3.8) is 0 Å². The van der Waals surface area contributed by atoms with Crippen molar-refractivity contribution < 1.29 is 17.9 Å². The Bertz CT molecular complexity index is 895. The number of hydrogen-bond donors (Lipinski definition) is 1. The zero-order chi connectivity index (χ0) is 18.0. The lowest BCUT2D eigenvalue weighted by molar-refractivity contribution is -0.125. The molecule has 1 aliphatic heterocycles. The third-order valence-electron chi connectivity index (χ3n) is 4.20. The number of likely N-dealkylation sites (N-methyl/N-ethyl adjacent to an activating group) is 1. The van der Waals surface area contributed by atoms with Crippen molar-refractivity contribution in [1.29, 1.82) is 0 Å². The molecule has 1 amide bonds. The van der Waals surface area contributed by atoms with E-state index in [4.69, 9.17) is 4.74 Å². The quantitative estimate of drug-likeness (QED) is 0.883. The number of ether oxygens (including phenoxy) is 1. The third-order valence-corrected chi connectivity index (χ3v) is 5.49. The van der Waals surface area contributed by atoms with E-state index in [9.17, 15) is 13.2 Å². The maximum atomic E-state index is 12.4. The van der Waals surface area contributed by atoms with Gasteiger partial charge in [-0.3, -0.25) is 4.79 Å². The van der Waals surface area contributed by atoms with Crippen LogP contribution in [0.1, 0.15) is 11.1 Å². The number of benzene rings is 2. The number of aryl methyl sites for hydroxylation is 1. The molecule has 2 aromatic rings. The zero-order valence-corrected chi connectivity index (χ0v) is 14.9. The van der Waals surface area contributed by atoms with E-state index in [1.807, 2.05) is 31.2 Å². The predicted octanol–water partition coefficient (Wildman–Crippen LogP) is 1.84. The molecule has 1 N–H and O–H groups in total. The van der Waals surface area contributed by atoms with Gasteiger partial charge in [0.1, 0.15) is 5.75 Å². The molecule has 1 unspecified atom stereocenters. The molecule has 6 nitrogen and oxygen atoms in total. The van der Waals surface area contributed by atoms with Crippen molar-refractivity contribution in [2.45, 2.75) is 18.8 Å². The lowest BCUT2D eigenvalue weighted by Gasteiger charge is -2.31. The maximum Gasteiger partial charge on any atom is 0.269 e. The Balaban J connectivity index is 1.69. The van der Waals surface area contributed by atoms with Crippen LogP contribution in [0.2, 0.25) is 0 Å². The van der Waals surface area contributed by atoms with Crippen LogP contribution >= 0.6 is 0 Å². The highest BCUT2D eigenvalue weighted by molar-refractivity contribution is 7.88. The molecule has 0 aromatic heterocycles. The molecule has 0 bridgehead atoms. The molecule has 7 heteroatoms. The van der Waals surface area contributed by atoms with Crippen LogP contribution in [-0.2, 0) is 20.6 Å². The van der Waals surface area contributed by atoms with Crippen LogP contribution in [0.3, 0.4) is 0 Å². The van der Waals surface area contributed by atoms with Crippen molar-refractivity contribution in [2.24, 2.45) is 0 Å². The summed E-state index contributed by atoms with van der Waals surface area (Å²) >= 11 is 0. The Morgan fingerprint density at radius 2 is 1.80 bits per heavy atom. The number of nitrogens with one attached hydrogen (secondary N) is 1. The van der Waals surface area contributed by atoms with Crippen molar-refractivity contribution in [3.8, 4) is 5.75 Å². The lowest BCUT2D eigenvalue weighted by Crippen LogP contribution is -2.49. The fourth-order valence-electron chi connectivity index (χ4n) is 2.73. The Morgan fingerprint density at radius 3 is 2.56 bits per heavy atom. The van der Waals surface area contributed by atoms with Gasteiger partial charge in [-0.2, -0.15) is 0 Å². The second-order valence-electron chi connectivity index (χ2n) is 6.01. The molecule has 2 aromatic carbocycles. The normalized spacial score (nSPS) is 17.1.